The lowest BCUT2D eigenvalue weighted by Gasteiger charge is -2.35. The average Bonchev–Trinajstić information content (AvgIpc) is 2.96. The first-order chi connectivity index (χ1) is 10.2. The van der Waals surface area contributed by atoms with Gasteiger partial charge < -0.3 is 15.0 Å². The number of anilines is 1. The number of hydrogen-bond donors (Lipinski definition) is 1. The van der Waals surface area contributed by atoms with E-state index in [0.29, 0.717) is 5.41 Å². The van der Waals surface area contributed by atoms with Gasteiger partial charge in [0.05, 0.1) is 7.11 Å². The van der Waals surface area contributed by atoms with Gasteiger partial charge in [-0.15, -0.1) is 0 Å². The molecule has 1 aliphatic rings. The lowest BCUT2D eigenvalue weighted by Crippen LogP contribution is -2.41. The van der Waals surface area contributed by atoms with E-state index in [1.54, 1.807) is 7.11 Å². The maximum absolute atomic E-state index is 5.24. The number of nitrogens with one attached hydrogen (secondary N) is 1. The number of benzene rings is 1. The van der Waals surface area contributed by atoms with Crippen LogP contribution < -0.4 is 15.0 Å². The van der Waals surface area contributed by atoms with Gasteiger partial charge in [0.1, 0.15) is 5.75 Å². The van der Waals surface area contributed by atoms with E-state index >= 15 is 0 Å². The summed E-state index contributed by atoms with van der Waals surface area (Å²) < 4.78 is 5.24. The zero-order valence-corrected chi connectivity index (χ0v) is 13.8. The summed E-state index contributed by atoms with van der Waals surface area (Å²) in [4.78, 5) is 2.40. The highest BCUT2D eigenvalue weighted by atomic mass is 16.5. The third-order valence-corrected chi connectivity index (χ3v) is 4.68. The molecule has 0 atom stereocenters. The van der Waals surface area contributed by atoms with Crippen molar-refractivity contribution in [2.45, 2.75) is 39.0 Å². The molecule has 3 nitrogen and oxygen atoms in total. The van der Waals surface area contributed by atoms with E-state index in [4.69, 9.17) is 4.74 Å². The Hall–Kier alpha value is -1.22. The summed E-state index contributed by atoms with van der Waals surface area (Å²) in [7, 11) is 3.92. The van der Waals surface area contributed by atoms with Gasteiger partial charge in [-0.05, 0) is 50.1 Å². The maximum Gasteiger partial charge on any atom is 0.119 e. The Morgan fingerprint density at radius 3 is 2.43 bits per heavy atom. The van der Waals surface area contributed by atoms with Crippen molar-refractivity contribution in [1.29, 1.82) is 0 Å². The molecule has 0 spiro atoms. The predicted molar refractivity (Wildman–Crippen MR) is 90.3 cm³/mol. The Kier molecular flexibility index (Phi) is 5.92. The highest BCUT2D eigenvalue weighted by Crippen LogP contribution is 2.39. The van der Waals surface area contributed by atoms with Gasteiger partial charge in [0.2, 0.25) is 0 Å². The predicted octanol–water partition coefficient (Wildman–Crippen LogP) is 3.69. The molecule has 2 rings (SSSR count). The molecule has 0 heterocycles. The molecule has 118 valence electrons. The third-order valence-electron chi connectivity index (χ3n) is 4.68. The maximum atomic E-state index is 5.24. The molecule has 1 aromatic carbocycles. The number of rotatable bonds is 8. The minimum Gasteiger partial charge on any atom is -0.497 e. The van der Waals surface area contributed by atoms with Crippen molar-refractivity contribution in [3.8, 4) is 5.75 Å². The number of methoxy groups -OCH3 is 1. The first kappa shape index (κ1) is 16.2. The molecule has 1 aliphatic carbocycles. The molecule has 1 fully saturated rings. The van der Waals surface area contributed by atoms with Gasteiger partial charge in [0, 0.05) is 31.2 Å². The summed E-state index contributed by atoms with van der Waals surface area (Å²) >= 11 is 0. The van der Waals surface area contributed by atoms with Gasteiger partial charge >= 0.3 is 0 Å². The second-order valence-corrected chi connectivity index (χ2v) is 6.44. The van der Waals surface area contributed by atoms with E-state index in [1.165, 1.54) is 37.8 Å². The van der Waals surface area contributed by atoms with Crippen LogP contribution in [-0.4, -0.2) is 33.8 Å². The van der Waals surface area contributed by atoms with Gasteiger partial charge in [-0.3, -0.25) is 0 Å². The Morgan fingerprint density at radius 2 is 1.86 bits per heavy atom. The summed E-state index contributed by atoms with van der Waals surface area (Å²) in [6.45, 7) is 5.66. The molecule has 21 heavy (non-hydrogen) atoms. The summed E-state index contributed by atoms with van der Waals surface area (Å²) in [5.74, 6) is 0.923. The molecule has 0 unspecified atom stereocenters. The van der Waals surface area contributed by atoms with Gasteiger partial charge in [-0.1, -0.05) is 19.8 Å². The summed E-state index contributed by atoms with van der Waals surface area (Å²) in [6, 6.07) is 8.40. The van der Waals surface area contributed by atoms with Crippen LogP contribution >= 0.6 is 0 Å². The third kappa shape index (κ3) is 4.37. The van der Waals surface area contributed by atoms with Crippen molar-refractivity contribution < 1.29 is 4.74 Å². The van der Waals surface area contributed by atoms with E-state index in [9.17, 15) is 0 Å². The van der Waals surface area contributed by atoms with Crippen molar-refractivity contribution in [2.75, 3.05) is 38.7 Å². The summed E-state index contributed by atoms with van der Waals surface area (Å²) in [6.07, 6.45) is 6.67. The van der Waals surface area contributed by atoms with Crippen molar-refractivity contribution >= 4 is 5.69 Å². The van der Waals surface area contributed by atoms with Crippen LogP contribution in [0.25, 0.3) is 0 Å². The van der Waals surface area contributed by atoms with Crippen molar-refractivity contribution in [1.82, 2.24) is 5.32 Å². The normalized spacial score (nSPS) is 16.9. The van der Waals surface area contributed by atoms with Gasteiger partial charge in [-0.2, -0.15) is 0 Å². The molecule has 0 radical (unpaired) electrons. The standard InChI is InChI=1S/C18H30N2O/c1-4-13-19-14-18(11-5-6-12-18)15-20(2)16-7-9-17(21-3)10-8-16/h7-10,19H,4-6,11-15H2,1-3H3. The van der Waals surface area contributed by atoms with Crippen LogP contribution in [0.5, 0.6) is 5.75 Å². The van der Waals surface area contributed by atoms with Gasteiger partial charge in [-0.25, -0.2) is 0 Å². The van der Waals surface area contributed by atoms with E-state index in [0.717, 1.165) is 25.4 Å². The van der Waals surface area contributed by atoms with E-state index in [-0.39, 0.29) is 0 Å². The molecule has 0 amide bonds. The van der Waals surface area contributed by atoms with E-state index in [1.807, 2.05) is 12.1 Å². The fourth-order valence-electron chi connectivity index (χ4n) is 3.48. The fraction of sp³-hybridized carbons (Fsp3) is 0.667. The van der Waals surface area contributed by atoms with Gasteiger partial charge in [0.15, 0.2) is 0 Å². The number of ether oxygens (including phenoxy) is 1. The van der Waals surface area contributed by atoms with Crippen LogP contribution in [0.4, 0.5) is 5.69 Å². The quantitative estimate of drug-likeness (QED) is 0.739. The molecule has 0 saturated heterocycles. The van der Waals surface area contributed by atoms with Crippen molar-refractivity contribution in [2.24, 2.45) is 5.41 Å². The molecule has 0 bridgehead atoms. The number of hydrogen-bond acceptors (Lipinski definition) is 3. The lowest BCUT2D eigenvalue weighted by molar-refractivity contribution is 0.287. The second kappa shape index (κ2) is 7.69. The zero-order valence-electron chi connectivity index (χ0n) is 13.8. The monoisotopic (exact) mass is 290 g/mol. The molecule has 1 aromatic rings. The zero-order chi connectivity index (χ0) is 15.1. The largest absolute Gasteiger partial charge is 0.497 e. The number of nitrogens with zero attached hydrogens (tertiary/aromatic N) is 1. The smallest absolute Gasteiger partial charge is 0.119 e. The highest BCUT2D eigenvalue weighted by Gasteiger charge is 2.34. The van der Waals surface area contributed by atoms with Crippen LogP contribution in [0, 0.1) is 5.41 Å². The Balaban J connectivity index is 1.98. The average molecular weight is 290 g/mol. The van der Waals surface area contributed by atoms with Crippen molar-refractivity contribution in [3.63, 3.8) is 0 Å². The van der Waals surface area contributed by atoms with Crippen LogP contribution in [0.3, 0.4) is 0 Å². The van der Waals surface area contributed by atoms with Crippen LogP contribution in [0.15, 0.2) is 24.3 Å². The minimum absolute atomic E-state index is 0.448. The van der Waals surface area contributed by atoms with Crippen LogP contribution in [-0.2, 0) is 0 Å². The Bertz CT molecular complexity index is 410. The molecule has 1 N–H and O–H groups in total. The molecule has 0 aliphatic heterocycles. The molecule has 3 heteroatoms. The molecular formula is C18H30N2O. The molecular weight excluding hydrogens is 260 g/mol. The minimum atomic E-state index is 0.448. The Labute approximate surface area is 129 Å². The van der Waals surface area contributed by atoms with E-state index in [2.05, 4.69) is 36.3 Å². The van der Waals surface area contributed by atoms with Gasteiger partial charge in [0.25, 0.3) is 0 Å². The summed E-state index contributed by atoms with van der Waals surface area (Å²) in [5, 5.41) is 3.65. The fourth-order valence-corrected chi connectivity index (χ4v) is 3.48. The first-order valence-corrected chi connectivity index (χ1v) is 8.25. The van der Waals surface area contributed by atoms with Crippen LogP contribution in [0.1, 0.15) is 39.0 Å². The SMILES string of the molecule is CCCNCC1(CN(C)c2ccc(OC)cc2)CCCC1. The molecule has 1 saturated carbocycles. The highest BCUT2D eigenvalue weighted by molar-refractivity contribution is 5.48. The van der Waals surface area contributed by atoms with E-state index < -0.39 is 0 Å². The Morgan fingerprint density at radius 1 is 1.19 bits per heavy atom. The topological polar surface area (TPSA) is 24.5 Å². The second-order valence-electron chi connectivity index (χ2n) is 6.44. The first-order valence-electron chi connectivity index (χ1n) is 8.25. The molecule has 0 aromatic heterocycles. The lowest BCUT2D eigenvalue weighted by atomic mass is 9.85. The summed E-state index contributed by atoms with van der Waals surface area (Å²) in [5.41, 5.74) is 1.72. The van der Waals surface area contributed by atoms with Crippen LogP contribution in [0.2, 0.25) is 0 Å². The van der Waals surface area contributed by atoms with Crippen molar-refractivity contribution in [3.05, 3.63) is 24.3 Å².